The highest BCUT2D eigenvalue weighted by Crippen LogP contribution is 2.06. The van der Waals surface area contributed by atoms with Gasteiger partial charge in [0.25, 0.3) is 0 Å². The molecule has 1 aromatic rings. The van der Waals surface area contributed by atoms with Gasteiger partial charge in [0.15, 0.2) is 9.84 Å². The maximum absolute atomic E-state index is 10.9. The molecule has 0 bridgehead atoms. The van der Waals surface area contributed by atoms with E-state index >= 15 is 0 Å². The van der Waals surface area contributed by atoms with Crippen LogP contribution in [0.3, 0.4) is 0 Å². The van der Waals surface area contributed by atoms with Crippen LogP contribution in [-0.4, -0.2) is 20.6 Å². The first kappa shape index (κ1) is 10.7. The first-order valence-corrected chi connectivity index (χ1v) is 5.92. The molecule has 5 heteroatoms. The molecular formula is C9H9O4S-. The number of carboxylic acids is 1. The number of sulfone groups is 1. The third-order valence-electron chi connectivity index (χ3n) is 1.62. The van der Waals surface area contributed by atoms with Crippen molar-refractivity contribution in [1.29, 1.82) is 0 Å². The Balaban J connectivity index is 2.90. The summed E-state index contributed by atoms with van der Waals surface area (Å²) in [5.41, 5.74) is 0.611. The van der Waals surface area contributed by atoms with E-state index in [0.717, 1.165) is 6.26 Å². The highest BCUT2D eigenvalue weighted by molar-refractivity contribution is 7.89. The summed E-state index contributed by atoms with van der Waals surface area (Å²) in [7, 11) is -3.07. The molecule has 14 heavy (non-hydrogen) atoms. The largest absolute Gasteiger partial charge is 0.545 e. The van der Waals surface area contributed by atoms with Gasteiger partial charge in [0.1, 0.15) is 0 Å². The van der Waals surface area contributed by atoms with Gasteiger partial charge in [-0.1, -0.05) is 24.3 Å². The molecule has 0 radical (unpaired) electrons. The topological polar surface area (TPSA) is 74.3 Å². The number of rotatable bonds is 3. The van der Waals surface area contributed by atoms with Gasteiger partial charge in [0.05, 0.1) is 11.7 Å². The van der Waals surface area contributed by atoms with Crippen molar-refractivity contribution in [2.75, 3.05) is 6.26 Å². The number of benzene rings is 1. The molecule has 0 aliphatic rings. The van der Waals surface area contributed by atoms with Gasteiger partial charge in [-0.25, -0.2) is 8.42 Å². The van der Waals surface area contributed by atoms with Crippen LogP contribution >= 0.6 is 0 Å². The summed E-state index contributed by atoms with van der Waals surface area (Å²) in [6.07, 6.45) is 1.12. The average Bonchev–Trinajstić information content (AvgIpc) is 2.02. The van der Waals surface area contributed by atoms with Crippen LogP contribution < -0.4 is 5.11 Å². The summed E-state index contributed by atoms with van der Waals surface area (Å²) in [5, 5.41) is 10.4. The van der Waals surface area contributed by atoms with E-state index in [1.807, 2.05) is 0 Å². The second kappa shape index (κ2) is 3.79. The summed E-state index contributed by atoms with van der Waals surface area (Å²) in [4.78, 5) is 10.4. The summed E-state index contributed by atoms with van der Waals surface area (Å²) in [5.74, 6) is -1.35. The van der Waals surface area contributed by atoms with Gasteiger partial charge >= 0.3 is 0 Å². The molecule has 1 rings (SSSR count). The van der Waals surface area contributed by atoms with Gasteiger partial charge in [0, 0.05) is 6.26 Å². The first-order valence-electron chi connectivity index (χ1n) is 3.86. The fourth-order valence-corrected chi connectivity index (χ4v) is 1.84. The van der Waals surface area contributed by atoms with Gasteiger partial charge in [-0.2, -0.15) is 0 Å². The van der Waals surface area contributed by atoms with Crippen molar-refractivity contribution in [2.45, 2.75) is 5.75 Å². The molecule has 76 valence electrons. The summed E-state index contributed by atoms with van der Waals surface area (Å²) in [6.45, 7) is 0. The standard InChI is InChI=1S/C9H10O4S/c1-14(12,13)6-7-2-4-8(5-3-7)9(10)11/h2-5H,6H2,1H3,(H,10,11)/p-1. The first-order chi connectivity index (χ1) is 6.38. The van der Waals surface area contributed by atoms with E-state index in [4.69, 9.17) is 0 Å². The molecule has 0 heterocycles. The molecule has 0 aromatic heterocycles. The summed E-state index contributed by atoms with van der Waals surface area (Å²) in [6, 6.07) is 5.59. The number of carboxylic acid groups (broad SMARTS) is 1. The van der Waals surface area contributed by atoms with Crippen LogP contribution in [0.4, 0.5) is 0 Å². The quantitative estimate of drug-likeness (QED) is 0.684. The van der Waals surface area contributed by atoms with Crippen molar-refractivity contribution in [1.82, 2.24) is 0 Å². The summed E-state index contributed by atoms with van der Waals surface area (Å²) < 4.78 is 21.8. The lowest BCUT2D eigenvalue weighted by atomic mass is 10.1. The zero-order chi connectivity index (χ0) is 10.8. The Morgan fingerprint density at radius 2 is 1.79 bits per heavy atom. The van der Waals surface area contributed by atoms with Gasteiger partial charge in [-0.15, -0.1) is 0 Å². The number of carbonyl (C=O) groups excluding carboxylic acids is 1. The second-order valence-corrected chi connectivity index (χ2v) is 5.19. The predicted molar refractivity (Wildman–Crippen MR) is 49.3 cm³/mol. The minimum atomic E-state index is -3.07. The van der Waals surface area contributed by atoms with Crippen molar-refractivity contribution in [2.24, 2.45) is 0 Å². The zero-order valence-electron chi connectivity index (χ0n) is 7.56. The Hall–Kier alpha value is -1.36. The number of hydrogen-bond acceptors (Lipinski definition) is 4. The third-order valence-corrected chi connectivity index (χ3v) is 2.48. The van der Waals surface area contributed by atoms with Crippen molar-refractivity contribution in [3.63, 3.8) is 0 Å². The van der Waals surface area contributed by atoms with Gasteiger partial charge in [-0.05, 0) is 11.1 Å². The molecule has 0 spiro atoms. The van der Waals surface area contributed by atoms with Gasteiger partial charge < -0.3 is 9.90 Å². The number of carbonyl (C=O) groups is 1. The molecule has 0 amide bonds. The highest BCUT2D eigenvalue weighted by Gasteiger charge is 2.03. The monoisotopic (exact) mass is 213 g/mol. The molecule has 0 unspecified atom stereocenters. The molecule has 0 saturated carbocycles. The van der Waals surface area contributed by atoms with Crippen molar-refractivity contribution >= 4 is 15.8 Å². The smallest absolute Gasteiger partial charge is 0.151 e. The molecule has 0 N–H and O–H groups in total. The van der Waals surface area contributed by atoms with Crippen LogP contribution in [0.1, 0.15) is 15.9 Å². The van der Waals surface area contributed by atoms with E-state index < -0.39 is 15.8 Å². The normalized spacial score (nSPS) is 11.2. The SMILES string of the molecule is CS(=O)(=O)Cc1ccc(C(=O)[O-])cc1. The van der Waals surface area contributed by atoms with Crippen LogP contribution in [-0.2, 0) is 15.6 Å². The van der Waals surface area contributed by atoms with Crippen LogP contribution in [0.25, 0.3) is 0 Å². The predicted octanol–water partition coefficient (Wildman–Crippen LogP) is -0.405. The Morgan fingerprint density at radius 3 is 2.14 bits per heavy atom. The third kappa shape index (κ3) is 3.18. The minimum Gasteiger partial charge on any atom is -0.545 e. The van der Waals surface area contributed by atoms with Crippen molar-refractivity contribution in [3.05, 3.63) is 35.4 Å². The van der Waals surface area contributed by atoms with E-state index in [1.165, 1.54) is 24.3 Å². The molecule has 0 fully saturated rings. The highest BCUT2D eigenvalue weighted by atomic mass is 32.2. The van der Waals surface area contributed by atoms with Crippen molar-refractivity contribution < 1.29 is 18.3 Å². The molecule has 0 saturated heterocycles. The average molecular weight is 213 g/mol. The van der Waals surface area contributed by atoms with Crippen LogP contribution in [0, 0.1) is 0 Å². The van der Waals surface area contributed by atoms with E-state index in [9.17, 15) is 18.3 Å². The van der Waals surface area contributed by atoms with Gasteiger partial charge in [0.2, 0.25) is 0 Å². The molecule has 0 aliphatic carbocycles. The Bertz CT molecular complexity index is 430. The van der Waals surface area contributed by atoms with E-state index in [1.54, 1.807) is 0 Å². The van der Waals surface area contributed by atoms with Crippen LogP contribution in [0.5, 0.6) is 0 Å². The molecule has 0 aliphatic heterocycles. The van der Waals surface area contributed by atoms with Crippen LogP contribution in [0.2, 0.25) is 0 Å². The number of hydrogen-bond donors (Lipinski definition) is 0. The molecular weight excluding hydrogens is 204 g/mol. The summed E-state index contributed by atoms with van der Waals surface area (Å²) >= 11 is 0. The van der Waals surface area contributed by atoms with E-state index in [2.05, 4.69) is 0 Å². The lowest BCUT2D eigenvalue weighted by molar-refractivity contribution is -0.255. The fourth-order valence-electron chi connectivity index (χ4n) is 1.04. The maximum atomic E-state index is 10.9. The maximum Gasteiger partial charge on any atom is 0.151 e. The molecule has 1 aromatic carbocycles. The number of aromatic carboxylic acids is 1. The lowest BCUT2D eigenvalue weighted by Gasteiger charge is -2.03. The van der Waals surface area contributed by atoms with Crippen molar-refractivity contribution in [3.8, 4) is 0 Å². The van der Waals surface area contributed by atoms with E-state index in [0.29, 0.717) is 5.56 Å². The lowest BCUT2D eigenvalue weighted by Crippen LogP contribution is -2.22. The Kier molecular flexibility index (Phi) is 2.90. The Morgan fingerprint density at radius 1 is 1.29 bits per heavy atom. The minimum absolute atomic E-state index is 0.0438. The molecule has 0 atom stereocenters. The Labute approximate surface area is 82.1 Å². The molecule has 4 nitrogen and oxygen atoms in total. The van der Waals surface area contributed by atoms with Gasteiger partial charge in [-0.3, -0.25) is 0 Å². The van der Waals surface area contributed by atoms with E-state index in [-0.39, 0.29) is 11.3 Å². The second-order valence-electron chi connectivity index (χ2n) is 3.05. The fraction of sp³-hybridized carbons (Fsp3) is 0.222. The zero-order valence-corrected chi connectivity index (χ0v) is 8.37. The van der Waals surface area contributed by atoms with Crippen LogP contribution in [0.15, 0.2) is 24.3 Å².